The highest BCUT2D eigenvalue weighted by Gasteiger charge is 2.43. The molecular formula is C15H21N3O2. The zero-order valence-electron chi connectivity index (χ0n) is 11.7. The molecule has 0 amide bonds. The van der Waals surface area contributed by atoms with Gasteiger partial charge in [0.15, 0.2) is 0 Å². The number of nitrogens with zero attached hydrogens (tertiary/aromatic N) is 2. The summed E-state index contributed by atoms with van der Waals surface area (Å²) in [5.41, 5.74) is 7.15. The molecule has 3 atom stereocenters. The Morgan fingerprint density at radius 2 is 1.90 bits per heavy atom. The molecule has 1 aromatic rings. The predicted molar refractivity (Wildman–Crippen MR) is 77.4 cm³/mol. The number of hydrogen-bond donors (Lipinski definition) is 1. The minimum atomic E-state index is -0.274. The molecule has 0 aromatic heterocycles. The van der Waals surface area contributed by atoms with Crippen molar-refractivity contribution in [3.63, 3.8) is 0 Å². The van der Waals surface area contributed by atoms with E-state index in [4.69, 9.17) is 5.73 Å². The molecule has 0 aliphatic carbocycles. The van der Waals surface area contributed by atoms with E-state index in [1.807, 2.05) is 12.1 Å². The van der Waals surface area contributed by atoms with Crippen LogP contribution in [0.25, 0.3) is 0 Å². The zero-order valence-corrected chi connectivity index (χ0v) is 11.7. The van der Waals surface area contributed by atoms with Crippen LogP contribution in [0.15, 0.2) is 24.3 Å². The number of piperidine rings is 1. The highest BCUT2D eigenvalue weighted by molar-refractivity contribution is 5.42. The fraction of sp³-hybridized carbons (Fsp3) is 0.600. The SMILES string of the molecule is CC(c1ccccc1[N+](=O)[O-])N1C2CCC1CC(N)C2. The van der Waals surface area contributed by atoms with Gasteiger partial charge in [0.05, 0.1) is 4.92 Å². The fourth-order valence-electron chi connectivity index (χ4n) is 4.06. The van der Waals surface area contributed by atoms with Crippen molar-refractivity contribution in [3.05, 3.63) is 39.9 Å². The molecule has 0 radical (unpaired) electrons. The second kappa shape index (κ2) is 5.14. The first-order valence-corrected chi connectivity index (χ1v) is 7.34. The molecule has 3 rings (SSSR count). The highest BCUT2D eigenvalue weighted by atomic mass is 16.6. The number of nitro groups is 1. The van der Waals surface area contributed by atoms with Crippen molar-refractivity contribution in [2.24, 2.45) is 5.73 Å². The molecule has 2 saturated heterocycles. The molecule has 108 valence electrons. The molecule has 0 spiro atoms. The molecule has 2 heterocycles. The van der Waals surface area contributed by atoms with Crippen LogP contribution >= 0.6 is 0 Å². The lowest BCUT2D eigenvalue weighted by atomic mass is 9.94. The normalized spacial score (nSPS) is 31.2. The zero-order chi connectivity index (χ0) is 14.3. The third-order valence-electron chi connectivity index (χ3n) is 4.86. The first-order valence-electron chi connectivity index (χ1n) is 7.34. The minimum Gasteiger partial charge on any atom is -0.328 e. The predicted octanol–water partition coefficient (Wildman–Crippen LogP) is 2.61. The van der Waals surface area contributed by atoms with Gasteiger partial charge in [-0.1, -0.05) is 18.2 Å². The van der Waals surface area contributed by atoms with Crippen LogP contribution in [0, 0.1) is 10.1 Å². The first kappa shape index (κ1) is 13.5. The van der Waals surface area contributed by atoms with E-state index in [1.165, 1.54) is 12.8 Å². The van der Waals surface area contributed by atoms with Crippen molar-refractivity contribution in [2.75, 3.05) is 0 Å². The number of nitro benzene ring substituents is 1. The maximum Gasteiger partial charge on any atom is 0.274 e. The molecule has 20 heavy (non-hydrogen) atoms. The summed E-state index contributed by atoms with van der Waals surface area (Å²) in [4.78, 5) is 13.4. The third-order valence-corrected chi connectivity index (χ3v) is 4.86. The lowest BCUT2D eigenvalue weighted by molar-refractivity contribution is -0.386. The molecule has 2 fully saturated rings. The number of fused-ring (bicyclic) bond motifs is 2. The summed E-state index contributed by atoms with van der Waals surface area (Å²) in [6, 6.07) is 8.45. The Morgan fingerprint density at radius 3 is 2.50 bits per heavy atom. The summed E-state index contributed by atoms with van der Waals surface area (Å²) in [5.74, 6) is 0. The van der Waals surface area contributed by atoms with E-state index < -0.39 is 0 Å². The maximum atomic E-state index is 11.2. The minimum absolute atomic E-state index is 0.0848. The third kappa shape index (κ3) is 2.21. The van der Waals surface area contributed by atoms with Crippen molar-refractivity contribution in [1.82, 2.24) is 4.90 Å². The second-order valence-corrected chi connectivity index (χ2v) is 6.06. The van der Waals surface area contributed by atoms with Crippen molar-refractivity contribution < 1.29 is 4.92 Å². The van der Waals surface area contributed by atoms with E-state index >= 15 is 0 Å². The van der Waals surface area contributed by atoms with Gasteiger partial charge in [-0.05, 0) is 32.6 Å². The quantitative estimate of drug-likeness (QED) is 0.680. The number of nitrogens with two attached hydrogens (primary N) is 1. The molecule has 2 N–H and O–H groups in total. The fourth-order valence-corrected chi connectivity index (χ4v) is 4.06. The van der Waals surface area contributed by atoms with Gasteiger partial charge in [0.25, 0.3) is 5.69 Å². The topological polar surface area (TPSA) is 72.4 Å². The molecule has 5 nitrogen and oxygen atoms in total. The van der Waals surface area contributed by atoms with Gasteiger partial charge < -0.3 is 5.73 Å². The van der Waals surface area contributed by atoms with E-state index in [2.05, 4.69) is 11.8 Å². The average molecular weight is 275 g/mol. The smallest absolute Gasteiger partial charge is 0.274 e. The average Bonchev–Trinajstić information content (AvgIpc) is 2.70. The van der Waals surface area contributed by atoms with Crippen LogP contribution in [-0.4, -0.2) is 27.9 Å². The Balaban J connectivity index is 1.90. The van der Waals surface area contributed by atoms with Crippen LogP contribution in [0.5, 0.6) is 0 Å². The van der Waals surface area contributed by atoms with E-state index in [9.17, 15) is 10.1 Å². The summed E-state index contributed by atoms with van der Waals surface area (Å²) in [5, 5.41) is 11.2. The number of hydrogen-bond acceptors (Lipinski definition) is 4. The Kier molecular flexibility index (Phi) is 3.48. The molecule has 2 aliphatic heterocycles. The van der Waals surface area contributed by atoms with Gasteiger partial charge in [-0.25, -0.2) is 0 Å². The van der Waals surface area contributed by atoms with Crippen LogP contribution in [0.4, 0.5) is 5.69 Å². The monoisotopic (exact) mass is 275 g/mol. The van der Waals surface area contributed by atoms with Gasteiger partial charge in [-0.15, -0.1) is 0 Å². The lowest BCUT2D eigenvalue weighted by Gasteiger charge is -2.41. The van der Waals surface area contributed by atoms with Gasteiger partial charge in [-0.3, -0.25) is 15.0 Å². The van der Waals surface area contributed by atoms with Crippen LogP contribution in [0.2, 0.25) is 0 Å². The Hall–Kier alpha value is -1.46. The highest BCUT2D eigenvalue weighted by Crippen LogP contribution is 2.42. The molecule has 3 unspecified atom stereocenters. The number of benzene rings is 1. The number of para-hydroxylation sites is 1. The number of rotatable bonds is 3. The molecule has 5 heteroatoms. The van der Waals surface area contributed by atoms with E-state index in [-0.39, 0.29) is 16.7 Å². The van der Waals surface area contributed by atoms with Gasteiger partial charge in [0, 0.05) is 35.8 Å². The summed E-state index contributed by atoms with van der Waals surface area (Å²) in [7, 11) is 0. The summed E-state index contributed by atoms with van der Waals surface area (Å²) in [6.45, 7) is 2.09. The van der Waals surface area contributed by atoms with Gasteiger partial charge in [0.1, 0.15) is 0 Å². The standard InChI is InChI=1S/C15H21N3O2/c1-10(14-4-2-3-5-15(14)18(19)20)17-12-6-7-13(17)9-11(16)8-12/h2-5,10-13H,6-9,16H2,1H3. The van der Waals surface area contributed by atoms with Gasteiger partial charge >= 0.3 is 0 Å². The Labute approximate surface area is 118 Å². The van der Waals surface area contributed by atoms with E-state index in [1.54, 1.807) is 12.1 Å². The molecule has 2 aliphatic rings. The maximum absolute atomic E-state index is 11.2. The molecule has 1 aromatic carbocycles. The van der Waals surface area contributed by atoms with Crippen molar-refractivity contribution in [3.8, 4) is 0 Å². The van der Waals surface area contributed by atoms with Crippen LogP contribution in [0.1, 0.15) is 44.2 Å². The second-order valence-electron chi connectivity index (χ2n) is 6.06. The van der Waals surface area contributed by atoms with Gasteiger partial charge in [0.2, 0.25) is 0 Å². The van der Waals surface area contributed by atoms with Crippen LogP contribution in [-0.2, 0) is 0 Å². The van der Waals surface area contributed by atoms with Crippen molar-refractivity contribution in [2.45, 2.75) is 56.8 Å². The largest absolute Gasteiger partial charge is 0.328 e. The summed E-state index contributed by atoms with van der Waals surface area (Å²) >= 11 is 0. The molecular weight excluding hydrogens is 254 g/mol. The lowest BCUT2D eigenvalue weighted by Crippen LogP contribution is -2.48. The summed E-state index contributed by atoms with van der Waals surface area (Å²) in [6.07, 6.45) is 4.37. The Bertz CT molecular complexity index is 506. The van der Waals surface area contributed by atoms with E-state index in [0.29, 0.717) is 18.1 Å². The Morgan fingerprint density at radius 1 is 1.30 bits per heavy atom. The first-order chi connectivity index (χ1) is 9.58. The van der Waals surface area contributed by atoms with Gasteiger partial charge in [-0.2, -0.15) is 0 Å². The van der Waals surface area contributed by atoms with Crippen LogP contribution < -0.4 is 5.73 Å². The van der Waals surface area contributed by atoms with Crippen molar-refractivity contribution >= 4 is 5.69 Å². The molecule has 2 bridgehead atoms. The van der Waals surface area contributed by atoms with Crippen molar-refractivity contribution in [1.29, 1.82) is 0 Å². The van der Waals surface area contributed by atoms with Crippen LogP contribution in [0.3, 0.4) is 0 Å². The van der Waals surface area contributed by atoms with E-state index in [0.717, 1.165) is 18.4 Å². The molecule has 0 saturated carbocycles. The summed E-state index contributed by atoms with van der Waals surface area (Å²) < 4.78 is 0.